The lowest BCUT2D eigenvalue weighted by Crippen LogP contribution is -2.02. The summed E-state index contributed by atoms with van der Waals surface area (Å²) in [5.41, 5.74) is 9.96. The van der Waals surface area contributed by atoms with Crippen LogP contribution in [0.15, 0.2) is 42.5 Å². The van der Waals surface area contributed by atoms with E-state index >= 15 is 0 Å². The summed E-state index contributed by atoms with van der Waals surface area (Å²) in [5.74, 6) is 0.837. The van der Waals surface area contributed by atoms with E-state index in [1.165, 1.54) is 5.56 Å². The fourth-order valence-corrected chi connectivity index (χ4v) is 2.18. The highest BCUT2D eigenvalue weighted by Gasteiger charge is 2.06. The zero-order valence-electron chi connectivity index (χ0n) is 11.6. The molecule has 2 aromatic carbocycles. The molecule has 0 saturated carbocycles. The zero-order valence-corrected chi connectivity index (χ0v) is 11.6. The highest BCUT2D eigenvalue weighted by atomic mass is 16.3. The van der Waals surface area contributed by atoms with Gasteiger partial charge in [0.25, 0.3) is 0 Å². The summed E-state index contributed by atoms with van der Waals surface area (Å²) >= 11 is 0. The SMILES string of the molecule is CC(C)c1ccc(-c2cc(CCN)ccc2O)cc1. The van der Waals surface area contributed by atoms with Crippen molar-refractivity contribution in [1.29, 1.82) is 0 Å². The zero-order chi connectivity index (χ0) is 13.8. The number of benzene rings is 2. The van der Waals surface area contributed by atoms with Gasteiger partial charge in [0, 0.05) is 5.56 Å². The van der Waals surface area contributed by atoms with Crippen molar-refractivity contribution in [1.82, 2.24) is 0 Å². The molecule has 0 radical (unpaired) electrons. The predicted molar refractivity (Wildman–Crippen MR) is 80.4 cm³/mol. The molecular formula is C17H21NO. The Kier molecular flexibility index (Phi) is 4.23. The number of aromatic hydroxyl groups is 1. The van der Waals surface area contributed by atoms with Crippen LogP contribution in [0.2, 0.25) is 0 Å². The van der Waals surface area contributed by atoms with Gasteiger partial charge in [-0.2, -0.15) is 0 Å². The van der Waals surface area contributed by atoms with E-state index in [0.29, 0.717) is 18.2 Å². The van der Waals surface area contributed by atoms with Crippen molar-refractivity contribution >= 4 is 0 Å². The van der Waals surface area contributed by atoms with E-state index < -0.39 is 0 Å². The molecule has 2 nitrogen and oxygen atoms in total. The molecule has 2 heteroatoms. The lowest BCUT2D eigenvalue weighted by atomic mass is 9.97. The maximum Gasteiger partial charge on any atom is 0.123 e. The molecule has 19 heavy (non-hydrogen) atoms. The summed E-state index contributed by atoms with van der Waals surface area (Å²) in [6.07, 6.45) is 0.831. The smallest absolute Gasteiger partial charge is 0.123 e. The molecule has 0 fully saturated rings. The van der Waals surface area contributed by atoms with E-state index in [1.54, 1.807) is 6.07 Å². The number of hydrogen-bond donors (Lipinski definition) is 2. The van der Waals surface area contributed by atoms with Gasteiger partial charge in [-0.15, -0.1) is 0 Å². The quantitative estimate of drug-likeness (QED) is 0.875. The summed E-state index contributed by atoms with van der Waals surface area (Å²) < 4.78 is 0. The second-order valence-electron chi connectivity index (χ2n) is 5.17. The molecule has 0 spiro atoms. The molecule has 100 valence electrons. The molecule has 0 amide bonds. The minimum absolute atomic E-state index is 0.318. The normalized spacial score (nSPS) is 10.9. The van der Waals surface area contributed by atoms with Crippen molar-refractivity contribution in [3.8, 4) is 16.9 Å². The highest BCUT2D eigenvalue weighted by molar-refractivity contribution is 5.71. The molecule has 0 aliphatic rings. The minimum Gasteiger partial charge on any atom is -0.507 e. The molecule has 0 unspecified atom stereocenters. The molecule has 0 aromatic heterocycles. The first kappa shape index (κ1) is 13.6. The van der Waals surface area contributed by atoms with Gasteiger partial charge in [0.15, 0.2) is 0 Å². The lowest BCUT2D eigenvalue weighted by Gasteiger charge is -2.10. The fourth-order valence-electron chi connectivity index (χ4n) is 2.18. The standard InChI is InChI=1S/C17H21NO/c1-12(2)14-4-6-15(7-5-14)16-11-13(9-10-18)3-8-17(16)19/h3-8,11-12,19H,9-10,18H2,1-2H3. The first-order chi connectivity index (χ1) is 9.11. The lowest BCUT2D eigenvalue weighted by molar-refractivity contribution is 0.477. The Hall–Kier alpha value is -1.80. The number of phenolic OH excluding ortho intramolecular Hbond substituents is 1. The monoisotopic (exact) mass is 255 g/mol. The van der Waals surface area contributed by atoms with Gasteiger partial charge < -0.3 is 10.8 Å². The van der Waals surface area contributed by atoms with Crippen LogP contribution in [-0.4, -0.2) is 11.7 Å². The molecule has 0 aliphatic carbocycles. The summed E-state index contributed by atoms with van der Waals surface area (Å²) in [4.78, 5) is 0. The van der Waals surface area contributed by atoms with Crippen molar-refractivity contribution in [2.75, 3.05) is 6.54 Å². The Morgan fingerprint density at radius 1 is 1.05 bits per heavy atom. The van der Waals surface area contributed by atoms with Crippen molar-refractivity contribution < 1.29 is 5.11 Å². The van der Waals surface area contributed by atoms with Gasteiger partial charge in [-0.1, -0.05) is 44.2 Å². The summed E-state index contributed by atoms with van der Waals surface area (Å²) in [7, 11) is 0. The Morgan fingerprint density at radius 3 is 2.32 bits per heavy atom. The topological polar surface area (TPSA) is 46.2 Å². The maximum atomic E-state index is 10.0. The van der Waals surface area contributed by atoms with Gasteiger partial charge in [0.2, 0.25) is 0 Å². The van der Waals surface area contributed by atoms with Crippen LogP contribution in [0, 0.1) is 0 Å². The fraction of sp³-hybridized carbons (Fsp3) is 0.294. The van der Waals surface area contributed by atoms with Crippen LogP contribution >= 0.6 is 0 Å². The Balaban J connectivity index is 2.37. The van der Waals surface area contributed by atoms with E-state index in [-0.39, 0.29) is 0 Å². The van der Waals surface area contributed by atoms with Crippen molar-refractivity contribution in [2.24, 2.45) is 5.73 Å². The van der Waals surface area contributed by atoms with Gasteiger partial charge in [-0.3, -0.25) is 0 Å². The van der Waals surface area contributed by atoms with Crippen molar-refractivity contribution in [3.63, 3.8) is 0 Å². The number of phenols is 1. The number of hydrogen-bond acceptors (Lipinski definition) is 2. The minimum atomic E-state index is 0.318. The van der Waals surface area contributed by atoms with E-state index in [9.17, 15) is 5.11 Å². The summed E-state index contributed by atoms with van der Waals surface area (Å²) in [6, 6.07) is 14.1. The van der Waals surface area contributed by atoms with Crippen LogP contribution in [0.5, 0.6) is 5.75 Å². The van der Waals surface area contributed by atoms with E-state index in [1.807, 2.05) is 12.1 Å². The predicted octanol–water partition coefficient (Wildman–Crippen LogP) is 3.68. The van der Waals surface area contributed by atoms with Gasteiger partial charge in [-0.25, -0.2) is 0 Å². The maximum absolute atomic E-state index is 10.0. The molecule has 0 atom stereocenters. The summed E-state index contributed by atoms with van der Waals surface area (Å²) in [5, 5.41) is 10.0. The van der Waals surface area contributed by atoms with E-state index in [4.69, 9.17) is 5.73 Å². The first-order valence-corrected chi connectivity index (χ1v) is 6.74. The highest BCUT2D eigenvalue weighted by Crippen LogP contribution is 2.31. The van der Waals surface area contributed by atoms with Crippen LogP contribution in [0.25, 0.3) is 11.1 Å². The van der Waals surface area contributed by atoms with Gasteiger partial charge in [0.05, 0.1) is 0 Å². The van der Waals surface area contributed by atoms with E-state index in [2.05, 4.69) is 38.1 Å². The number of rotatable bonds is 4. The van der Waals surface area contributed by atoms with E-state index in [0.717, 1.165) is 23.1 Å². The largest absolute Gasteiger partial charge is 0.507 e. The Morgan fingerprint density at radius 2 is 1.74 bits per heavy atom. The van der Waals surface area contributed by atoms with Crippen LogP contribution in [0.4, 0.5) is 0 Å². The average molecular weight is 255 g/mol. The van der Waals surface area contributed by atoms with Crippen molar-refractivity contribution in [3.05, 3.63) is 53.6 Å². The van der Waals surface area contributed by atoms with Gasteiger partial charge in [-0.05, 0) is 47.7 Å². The van der Waals surface area contributed by atoms with Crippen LogP contribution in [-0.2, 0) is 6.42 Å². The average Bonchev–Trinajstić information content (AvgIpc) is 2.41. The van der Waals surface area contributed by atoms with Gasteiger partial charge in [0.1, 0.15) is 5.75 Å². The number of nitrogens with two attached hydrogens (primary N) is 1. The molecule has 2 aromatic rings. The summed E-state index contributed by atoms with van der Waals surface area (Å²) in [6.45, 7) is 4.97. The van der Waals surface area contributed by atoms with Crippen LogP contribution in [0.3, 0.4) is 0 Å². The second kappa shape index (κ2) is 5.89. The molecular weight excluding hydrogens is 234 g/mol. The molecule has 3 N–H and O–H groups in total. The molecule has 0 heterocycles. The molecule has 0 bridgehead atoms. The van der Waals surface area contributed by atoms with Crippen LogP contribution in [0.1, 0.15) is 30.9 Å². The molecule has 0 saturated heterocycles. The third kappa shape index (κ3) is 3.15. The Labute approximate surface area is 114 Å². The van der Waals surface area contributed by atoms with Gasteiger partial charge >= 0.3 is 0 Å². The molecule has 2 rings (SSSR count). The third-order valence-electron chi connectivity index (χ3n) is 3.38. The second-order valence-corrected chi connectivity index (χ2v) is 5.17. The van der Waals surface area contributed by atoms with Crippen molar-refractivity contribution in [2.45, 2.75) is 26.2 Å². The first-order valence-electron chi connectivity index (χ1n) is 6.74. The molecule has 0 aliphatic heterocycles. The third-order valence-corrected chi connectivity index (χ3v) is 3.38. The Bertz CT molecular complexity index is 544. The van der Waals surface area contributed by atoms with Crippen LogP contribution < -0.4 is 5.73 Å².